The number of nitrogens with zero attached hydrogens (tertiary/aromatic N) is 1. The van der Waals surface area contributed by atoms with Gasteiger partial charge in [-0.3, -0.25) is 0 Å². The molecule has 0 amide bonds. The summed E-state index contributed by atoms with van der Waals surface area (Å²) in [6.45, 7) is 3.18. The molecular formula is C13H16BrClN2. The number of hydrogen-bond donors (Lipinski definition) is 1. The number of hydrogen-bond acceptors (Lipinski definition) is 2. The Kier molecular flexibility index (Phi) is 3.33. The first-order valence-electron chi connectivity index (χ1n) is 6.17. The third-order valence-electron chi connectivity index (χ3n) is 3.65. The van der Waals surface area contributed by atoms with Crippen LogP contribution in [-0.4, -0.2) is 25.7 Å². The zero-order valence-electron chi connectivity index (χ0n) is 9.63. The lowest BCUT2D eigenvalue weighted by molar-refractivity contribution is 0.419. The summed E-state index contributed by atoms with van der Waals surface area (Å²) in [5.41, 5.74) is 1.16. The molecule has 1 aromatic rings. The highest BCUT2D eigenvalue weighted by Gasteiger charge is 2.34. The summed E-state index contributed by atoms with van der Waals surface area (Å²) in [7, 11) is 0. The normalized spacial score (nSPS) is 25.1. The molecule has 4 heteroatoms. The standard InChI is InChI=1S/C13H16BrClN2/c14-10-3-4-11(15)13(7-10)17-6-5-16-12(8-17)9-1-2-9/h3-4,7,9,12,16H,1-2,5-6,8H2. The van der Waals surface area contributed by atoms with Gasteiger partial charge in [0.2, 0.25) is 0 Å². The maximum absolute atomic E-state index is 6.29. The van der Waals surface area contributed by atoms with Gasteiger partial charge in [-0.1, -0.05) is 27.5 Å². The highest BCUT2D eigenvalue weighted by Crippen LogP contribution is 2.36. The predicted molar refractivity (Wildman–Crippen MR) is 75.9 cm³/mol. The van der Waals surface area contributed by atoms with E-state index in [2.05, 4.69) is 32.2 Å². The summed E-state index contributed by atoms with van der Waals surface area (Å²) in [6.07, 6.45) is 2.77. The van der Waals surface area contributed by atoms with Crippen molar-refractivity contribution in [3.8, 4) is 0 Å². The number of anilines is 1. The van der Waals surface area contributed by atoms with Crippen molar-refractivity contribution in [1.82, 2.24) is 5.32 Å². The zero-order valence-corrected chi connectivity index (χ0v) is 12.0. The van der Waals surface area contributed by atoms with Crippen LogP contribution in [0.3, 0.4) is 0 Å². The fraction of sp³-hybridized carbons (Fsp3) is 0.538. The molecule has 1 aromatic carbocycles. The molecule has 1 saturated carbocycles. The van der Waals surface area contributed by atoms with Crippen LogP contribution < -0.4 is 10.2 Å². The highest BCUT2D eigenvalue weighted by atomic mass is 79.9. The molecule has 0 spiro atoms. The Morgan fingerprint density at radius 3 is 2.94 bits per heavy atom. The second-order valence-corrected chi connectivity index (χ2v) is 6.26. The summed E-state index contributed by atoms with van der Waals surface area (Å²) >= 11 is 9.81. The van der Waals surface area contributed by atoms with E-state index in [1.807, 2.05) is 12.1 Å². The Bertz CT molecular complexity index is 420. The van der Waals surface area contributed by atoms with E-state index in [4.69, 9.17) is 11.6 Å². The van der Waals surface area contributed by atoms with Gasteiger partial charge in [0, 0.05) is 30.1 Å². The van der Waals surface area contributed by atoms with E-state index in [1.165, 1.54) is 12.8 Å². The topological polar surface area (TPSA) is 15.3 Å². The van der Waals surface area contributed by atoms with E-state index in [0.29, 0.717) is 6.04 Å². The average molecular weight is 316 g/mol. The molecule has 3 rings (SSSR count). The van der Waals surface area contributed by atoms with Gasteiger partial charge in [0.25, 0.3) is 0 Å². The molecule has 0 radical (unpaired) electrons. The maximum atomic E-state index is 6.29. The molecule has 1 saturated heterocycles. The molecule has 2 fully saturated rings. The number of benzene rings is 1. The van der Waals surface area contributed by atoms with Crippen LogP contribution in [0.15, 0.2) is 22.7 Å². The molecule has 1 heterocycles. The first-order valence-corrected chi connectivity index (χ1v) is 7.34. The number of nitrogens with one attached hydrogen (secondary N) is 1. The summed E-state index contributed by atoms with van der Waals surface area (Å²) in [5, 5.41) is 4.47. The molecule has 1 atom stereocenters. The van der Waals surface area contributed by atoms with Crippen molar-refractivity contribution in [2.24, 2.45) is 5.92 Å². The summed E-state index contributed by atoms with van der Waals surface area (Å²) < 4.78 is 1.10. The van der Waals surface area contributed by atoms with Crippen molar-refractivity contribution in [3.05, 3.63) is 27.7 Å². The van der Waals surface area contributed by atoms with E-state index >= 15 is 0 Å². The minimum absolute atomic E-state index is 0.652. The average Bonchev–Trinajstić information content (AvgIpc) is 3.17. The fourth-order valence-corrected chi connectivity index (χ4v) is 3.13. The largest absolute Gasteiger partial charge is 0.367 e. The second kappa shape index (κ2) is 4.79. The van der Waals surface area contributed by atoms with E-state index in [0.717, 1.165) is 40.7 Å². The number of halogens is 2. The second-order valence-electron chi connectivity index (χ2n) is 4.94. The Morgan fingerprint density at radius 1 is 1.35 bits per heavy atom. The highest BCUT2D eigenvalue weighted by molar-refractivity contribution is 9.10. The van der Waals surface area contributed by atoms with E-state index in [1.54, 1.807) is 0 Å². The van der Waals surface area contributed by atoms with Gasteiger partial charge in [0.1, 0.15) is 0 Å². The smallest absolute Gasteiger partial charge is 0.0640 e. The van der Waals surface area contributed by atoms with Crippen LogP contribution in [0.5, 0.6) is 0 Å². The molecule has 1 N–H and O–H groups in total. The Labute approximate surface area is 115 Å². The molecule has 0 aromatic heterocycles. The minimum Gasteiger partial charge on any atom is -0.367 e. The minimum atomic E-state index is 0.652. The molecule has 1 aliphatic carbocycles. The maximum Gasteiger partial charge on any atom is 0.0640 e. The quantitative estimate of drug-likeness (QED) is 0.901. The molecule has 92 valence electrons. The lowest BCUT2D eigenvalue weighted by Crippen LogP contribution is -2.51. The van der Waals surface area contributed by atoms with E-state index < -0.39 is 0 Å². The monoisotopic (exact) mass is 314 g/mol. The molecule has 1 unspecified atom stereocenters. The number of rotatable bonds is 2. The predicted octanol–water partition coefficient (Wildman–Crippen LogP) is 3.29. The van der Waals surface area contributed by atoms with Gasteiger partial charge < -0.3 is 10.2 Å². The van der Waals surface area contributed by atoms with Crippen LogP contribution in [0, 0.1) is 5.92 Å². The van der Waals surface area contributed by atoms with Crippen LogP contribution in [0.4, 0.5) is 5.69 Å². The van der Waals surface area contributed by atoms with Gasteiger partial charge >= 0.3 is 0 Å². The lowest BCUT2D eigenvalue weighted by Gasteiger charge is -2.36. The first kappa shape index (κ1) is 11.8. The van der Waals surface area contributed by atoms with Crippen molar-refractivity contribution < 1.29 is 0 Å². The van der Waals surface area contributed by atoms with Gasteiger partial charge in [-0.25, -0.2) is 0 Å². The van der Waals surface area contributed by atoms with Crippen LogP contribution in [0.1, 0.15) is 12.8 Å². The fourth-order valence-electron chi connectivity index (χ4n) is 2.54. The lowest BCUT2D eigenvalue weighted by atomic mass is 10.1. The van der Waals surface area contributed by atoms with Crippen molar-refractivity contribution in [2.75, 3.05) is 24.5 Å². The van der Waals surface area contributed by atoms with Crippen molar-refractivity contribution in [1.29, 1.82) is 0 Å². The van der Waals surface area contributed by atoms with Crippen LogP contribution >= 0.6 is 27.5 Å². The third-order valence-corrected chi connectivity index (χ3v) is 4.46. The molecule has 17 heavy (non-hydrogen) atoms. The Balaban J connectivity index is 1.79. The molecule has 0 bridgehead atoms. The Morgan fingerprint density at radius 2 is 2.18 bits per heavy atom. The van der Waals surface area contributed by atoms with Crippen LogP contribution in [0.25, 0.3) is 0 Å². The van der Waals surface area contributed by atoms with Gasteiger partial charge in [0.15, 0.2) is 0 Å². The SMILES string of the molecule is Clc1ccc(Br)cc1N1CCNC(C2CC2)C1. The third kappa shape index (κ3) is 2.61. The summed E-state index contributed by atoms with van der Waals surface area (Å²) in [4.78, 5) is 2.41. The summed E-state index contributed by atoms with van der Waals surface area (Å²) in [5.74, 6) is 0.892. The molecular weight excluding hydrogens is 300 g/mol. The van der Waals surface area contributed by atoms with Crippen LogP contribution in [-0.2, 0) is 0 Å². The molecule has 1 aliphatic heterocycles. The first-order chi connectivity index (χ1) is 8.24. The van der Waals surface area contributed by atoms with Gasteiger partial charge in [0.05, 0.1) is 10.7 Å². The van der Waals surface area contributed by atoms with Crippen LogP contribution in [0.2, 0.25) is 5.02 Å². The van der Waals surface area contributed by atoms with Gasteiger partial charge in [-0.05, 0) is 37.0 Å². The van der Waals surface area contributed by atoms with E-state index in [-0.39, 0.29) is 0 Å². The Hall–Kier alpha value is -0.250. The zero-order chi connectivity index (χ0) is 11.8. The molecule has 2 aliphatic rings. The molecule has 2 nitrogen and oxygen atoms in total. The van der Waals surface area contributed by atoms with Gasteiger partial charge in [-0.2, -0.15) is 0 Å². The van der Waals surface area contributed by atoms with Crippen molar-refractivity contribution in [2.45, 2.75) is 18.9 Å². The van der Waals surface area contributed by atoms with Gasteiger partial charge in [-0.15, -0.1) is 0 Å². The van der Waals surface area contributed by atoms with Crippen molar-refractivity contribution in [3.63, 3.8) is 0 Å². The summed E-state index contributed by atoms with van der Waals surface area (Å²) in [6, 6.07) is 6.73. The van der Waals surface area contributed by atoms with E-state index in [9.17, 15) is 0 Å². The van der Waals surface area contributed by atoms with Crippen molar-refractivity contribution >= 4 is 33.2 Å². The number of piperazine rings is 1.